The number of urea groups is 1. The summed E-state index contributed by atoms with van der Waals surface area (Å²) in [6.07, 6.45) is 0.645. The number of ether oxygens (including phenoxy) is 1. The molecule has 13 heteroatoms. The minimum Gasteiger partial charge on any atom is -0.444 e. The topological polar surface area (TPSA) is 155 Å². The lowest BCUT2D eigenvalue weighted by molar-refractivity contribution is -0.387. The number of rotatable bonds is 11. The van der Waals surface area contributed by atoms with Crippen LogP contribution in [0.2, 0.25) is 0 Å². The van der Waals surface area contributed by atoms with Crippen molar-refractivity contribution < 1.29 is 28.4 Å². The minimum atomic E-state index is -1.01. The molecule has 0 spiro atoms. The van der Waals surface area contributed by atoms with Crippen molar-refractivity contribution in [1.82, 2.24) is 10.2 Å². The summed E-state index contributed by atoms with van der Waals surface area (Å²) in [5.74, 6) is -1.42. The number of nitrogens with one attached hydrogen (secondary N) is 4. The van der Waals surface area contributed by atoms with Gasteiger partial charge < -0.3 is 25.6 Å². The number of para-hydroxylation sites is 2. The van der Waals surface area contributed by atoms with E-state index in [1.807, 2.05) is 19.0 Å². The van der Waals surface area contributed by atoms with E-state index in [0.29, 0.717) is 23.4 Å². The molecule has 234 valence electrons. The van der Waals surface area contributed by atoms with Crippen LogP contribution in [0.15, 0.2) is 66.7 Å². The van der Waals surface area contributed by atoms with E-state index < -0.39 is 46.1 Å². The van der Waals surface area contributed by atoms with Crippen molar-refractivity contribution in [3.05, 3.63) is 93.8 Å². The van der Waals surface area contributed by atoms with Gasteiger partial charge in [-0.1, -0.05) is 24.3 Å². The Hall–Kier alpha value is -5.04. The van der Waals surface area contributed by atoms with Gasteiger partial charge in [0.15, 0.2) is 0 Å². The van der Waals surface area contributed by atoms with Gasteiger partial charge in [-0.05, 0) is 96.2 Å². The summed E-state index contributed by atoms with van der Waals surface area (Å²) in [4.78, 5) is 50.4. The van der Waals surface area contributed by atoms with E-state index in [9.17, 15) is 28.9 Å². The normalized spacial score (nSPS) is 11.8. The Morgan fingerprint density at radius 3 is 2.18 bits per heavy atom. The number of nitro groups is 1. The maximum atomic E-state index is 13.7. The third kappa shape index (κ3) is 10.3. The number of benzene rings is 3. The molecule has 0 radical (unpaired) electrons. The lowest BCUT2D eigenvalue weighted by atomic mass is 10.00. The Kier molecular flexibility index (Phi) is 11.3. The summed E-state index contributed by atoms with van der Waals surface area (Å²) in [6.45, 7) is 6.01. The van der Waals surface area contributed by atoms with Crippen LogP contribution in [-0.4, -0.2) is 54.1 Å². The summed E-state index contributed by atoms with van der Waals surface area (Å²) in [7, 11) is 3.87. The van der Waals surface area contributed by atoms with Gasteiger partial charge in [-0.2, -0.15) is 4.39 Å². The fraction of sp³-hybridized carbons (Fsp3) is 0.323. The summed E-state index contributed by atoms with van der Waals surface area (Å²) in [5.41, 5.74) is 0.454. The molecular formula is C31H37FN6O6. The molecule has 3 aromatic carbocycles. The highest BCUT2D eigenvalue weighted by molar-refractivity contribution is 6.06. The van der Waals surface area contributed by atoms with Crippen molar-refractivity contribution in [2.45, 2.75) is 45.3 Å². The number of hydrogen-bond donors (Lipinski definition) is 4. The van der Waals surface area contributed by atoms with Crippen molar-refractivity contribution in [3.63, 3.8) is 0 Å². The van der Waals surface area contributed by atoms with Gasteiger partial charge in [-0.3, -0.25) is 20.2 Å². The monoisotopic (exact) mass is 608 g/mol. The van der Waals surface area contributed by atoms with Crippen LogP contribution >= 0.6 is 0 Å². The molecule has 0 aliphatic heterocycles. The molecule has 4 N–H and O–H groups in total. The summed E-state index contributed by atoms with van der Waals surface area (Å²) in [6, 6.07) is 15.4. The molecule has 0 aromatic heterocycles. The number of nitrogens with zero attached hydrogens (tertiary/aromatic N) is 2. The first-order valence-corrected chi connectivity index (χ1v) is 13.9. The van der Waals surface area contributed by atoms with Crippen molar-refractivity contribution >= 4 is 40.8 Å². The van der Waals surface area contributed by atoms with E-state index in [4.69, 9.17) is 4.74 Å². The van der Waals surface area contributed by atoms with Gasteiger partial charge in [0, 0.05) is 17.3 Å². The highest BCUT2D eigenvalue weighted by atomic mass is 19.1. The Balaban J connectivity index is 1.72. The van der Waals surface area contributed by atoms with Crippen molar-refractivity contribution in [2.75, 3.05) is 36.6 Å². The van der Waals surface area contributed by atoms with E-state index in [1.165, 1.54) is 6.07 Å². The second-order valence-electron chi connectivity index (χ2n) is 11.3. The third-order valence-electron chi connectivity index (χ3n) is 6.19. The first-order valence-electron chi connectivity index (χ1n) is 13.9. The fourth-order valence-corrected chi connectivity index (χ4v) is 4.17. The first-order chi connectivity index (χ1) is 20.7. The number of nitro benzene ring substituents is 1. The van der Waals surface area contributed by atoms with Crippen LogP contribution in [-0.2, 0) is 4.74 Å². The van der Waals surface area contributed by atoms with Crippen molar-refractivity contribution in [2.24, 2.45) is 0 Å². The van der Waals surface area contributed by atoms with Crippen LogP contribution in [0.1, 0.15) is 55.6 Å². The van der Waals surface area contributed by atoms with Gasteiger partial charge in [0.05, 0.1) is 22.3 Å². The maximum absolute atomic E-state index is 13.7. The standard InChI is InChI=1S/C31H37FN6O6/c1-31(2,3)44-30(41)36-26-10-7-6-9-25(26)34-28(39)21-14-12-20(13-15-21)24(11-8-18-37(4)5)35-29(40)33-22-16-17-23(32)27(19-22)38(42)43/h6-7,9-10,12-17,19,24H,8,11,18H2,1-5H3,(H,34,39)(H,36,41)(H2,33,35,40). The average Bonchev–Trinajstić information content (AvgIpc) is 2.93. The SMILES string of the molecule is CN(C)CCCC(NC(=O)Nc1ccc(F)c([N+](=O)[O-])c1)c1ccc(C(=O)Nc2ccccc2NC(=O)OC(C)(C)C)cc1. The van der Waals surface area contributed by atoms with Crippen LogP contribution in [0.5, 0.6) is 0 Å². The zero-order chi connectivity index (χ0) is 32.4. The predicted molar refractivity (Wildman–Crippen MR) is 166 cm³/mol. The molecular weight excluding hydrogens is 571 g/mol. The van der Waals surface area contributed by atoms with Crippen LogP contribution in [0.25, 0.3) is 0 Å². The summed E-state index contributed by atoms with van der Waals surface area (Å²) in [5, 5.41) is 21.9. The van der Waals surface area contributed by atoms with Gasteiger partial charge in [0.25, 0.3) is 5.91 Å². The lowest BCUT2D eigenvalue weighted by Crippen LogP contribution is -2.33. The predicted octanol–water partition coefficient (Wildman–Crippen LogP) is 6.54. The van der Waals surface area contributed by atoms with Gasteiger partial charge in [0.2, 0.25) is 5.82 Å². The fourth-order valence-electron chi connectivity index (χ4n) is 4.17. The van der Waals surface area contributed by atoms with Gasteiger partial charge in [0.1, 0.15) is 5.60 Å². The Morgan fingerprint density at radius 1 is 0.955 bits per heavy atom. The molecule has 0 saturated carbocycles. The van der Waals surface area contributed by atoms with Crippen LogP contribution in [0, 0.1) is 15.9 Å². The molecule has 0 aliphatic carbocycles. The smallest absolute Gasteiger partial charge is 0.412 e. The molecule has 0 heterocycles. The second kappa shape index (κ2) is 14.9. The molecule has 0 aliphatic rings. The third-order valence-corrected chi connectivity index (χ3v) is 6.19. The van der Waals surface area contributed by atoms with Gasteiger partial charge >= 0.3 is 17.8 Å². The number of halogens is 1. The number of carbonyl (C=O) groups excluding carboxylic acids is 3. The molecule has 3 aromatic rings. The van der Waals surface area contributed by atoms with E-state index in [2.05, 4.69) is 21.3 Å². The van der Waals surface area contributed by atoms with E-state index in [1.54, 1.807) is 69.3 Å². The van der Waals surface area contributed by atoms with Gasteiger partial charge in [-0.15, -0.1) is 0 Å². The van der Waals surface area contributed by atoms with Gasteiger partial charge in [-0.25, -0.2) is 9.59 Å². The number of hydrogen-bond acceptors (Lipinski definition) is 7. The van der Waals surface area contributed by atoms with Crippen molar-refractivity contribution in [1.29, 1.82) is 0 Å². The first kappa shape index (κ1) is 33.5. The number of anilines is 3. The summed E-state index contributed by atoms with van der Waals surface area (Å²) >= 11 is 0. The molecule has 12 nitrogen and oxygen atoms in total. The quantitative estimate of drug-likeness (QED) is 0.142. The zero-order valence-electron chi connectivity index (χ0n) is 25.3. The molecule has 3 rings (SSSR count). The molecule has 0 saturated heterocycles. The molecule has 1 unspecified atom stereocenters. The van der Waals surface area contributed by atoms with E-state index >= 15 is 0 Å². The van der Waals surface area contributed by atoms with E-state index in [0.717, 1.165) is 30.7 Å². The van der Waals surface area contributed by atoms with Crippen LogP contribution in [0.3, 0.4) is 0 Å². The number of amides is 4. The molecule has 4 amide bonds. The van der Waals surface area contributed by atoms with Crippen LogP contribution < -0.4 is 21.3 Å². The minimum absolute atomic E-state index is 0.0658. The highest BCUT2D eigenvalue weighted by Gasteiger charge is 2.20. The molecule has 0 fully saturated rings. The maximum Gasteiger partial charge on any atom is 0.412 e. The highest BCUT2D eigenvalue weighted by Crippen LogP contribution is 2.25. The second-order valence-corrected chi connectivity index (χ2v) is 11.3. The largest absolute Gasteiger partial charge is 0.444 e. The van der Waals surface area contributed by atoms with Crippen LogP contribution in [0.4, 0.5) is 36.7 Å². The number of carbonyl (C=O) groups is 3. The lowest BCUT2D eigenvalue weighted by Gasteiger charge is -2.21. The summed E-state index contributed by atoms with van der Waals surface area (Å²) < 4.78 is 19.0. The average molecular weight is 609 g/mol. The Bertz CT molecular complexity index is 1490. The Morgan fingerprint density at radius 2 is 1.59 bits per heavy atom. The molecule has 44 heavy (non-hydrogen) atoms. The molecule has 1 atom stereocenters. The zero-order valence-corrected chi connectivity index (χ0v) is 25.3. The molecule has 0 bridgehead atoms. The van der Waals surface area contributed by atoms with Crippen molar-refractivity contribution in [3.8, 4) is 0 Å². The Labute approximate surface area is 255 Å². The van der Waals surface area contributed by atoms with E-state index in [-0.39, 0.29) is 5.69 Å².